The Labute approximate surface area is 97.5 Å². The average Bonchev–Trinajstić information content (AvgIpc) is 2.23. The zero-order valence-electron chi connectivity index (χ0n) is 10.5. The van der Waals surface area contributed by atoms with E-state index in [2.05, 4.69) is 22.5 Å². The number of likely N-dealkylation sites (N-methyl/N-ethyl adjacent to an activating group) is 1. The van der Waals surface area contributed by atoms with E-state index in [9.17, 15) is 4.79 Å². The molecule has 1 amide bonds. The number of rotatable bonds is 7. The molecule has 0 aromatic heterocycles. The molecule has 1 fully saturated rings. The number of hydrogen-bond acceptors (Lipinski definition) is 4. The minimum atomic E-state index is -0.141. The number of ether oxygens (including phenoxy) is 1. The number of nitrogens with zero attached hydrogens (tertiary/aromatic N) is 1. The van der Waals surface area contributed by atoms with Crippen molar-refractivity contribution in [2.45, 2.75) is 19.4 Å². The lowest BCUT2D eigenvalue weighted by Crippen LogP contribution is -2.59. The molecule has 0 unspecified atom stereocenters. The Kier molecular flexibility index (Phi) is 5.18. The summed E-state index contributed by atoms with van der Waals surface area (Å²) in [4.78, 5) is 13.6. The van der Waals surface area contributed by atoms with Gasteiger partial charge in [0.25, 0.3) is 0 Å². The van der Waals surface area contributed by atoms with Gasteiger partial charge in [-0.1, -0.05) is 6.92 Å². The number of carbonyl (C=O) groups excluding carboxylic acids is 1. The molecule has 5 nitrogen and oxygen atoms in total. The highest BCUT2D eigenvalue weighted by molar-refractivity contribution is 5.77. The van der Waals surface area contributed by atoms with E-state index >= 15 is 0 Å². The molecule has 0 saturated carbocycles. The molecular formula is C11H23N3O2. The van der Waals surface area contributed by atoms with Crippen LogP contribution in [0.2, 0.25) is 0 Å². The van der Waals surface area contributed by atoms with Crippen molar-refractivity contribution >= 4 is 5.91 Å². The van der Waals surface area contributed by atoms with Gasteiger partial charge in [-0.25, -0.2) is 0 Å². The Balaban J connectivity index is 2.02. The van der Waals surface area contributed by atoms with E-state index in [0.717, 1.165) is 26.2 Å². The van der Waals surface area contributed by atoms with Gasteiger partial charge in [0, 0.05) is 26.2 Å². The van der Waals surface area contributed by atoms with Crippen LogP contribution in [0.4, 0.5) is 0 Å². The average molecular weight is 229 g/mol. The third-order valence-corrected chi connectivity index (χ3v) is 2.91. The Bertz CT molecular complexity index is 229. The van der Waals surface area contributed by atoms with Crippen molar-refractivity contribution in [3.63, 3.8) is 0 Å². The second-order valence-electron chi connectivity index (χ2n) is 4.59. The summed E-state index contributed by atoms with van der Waals surface area (Å²) in [6.07, 6.45) is 0. The van der Waals surface area contributed by atoms with Crippen LogP contribution in [0.1, 0.15) is 13.8 Å². The number of nitrogens with one attached hydrogen (secondary N) is 2. The quantitative estimate of drug-likeness (QED) is 0.614. The largest absolute Gasteiger partial charge is 0.363 e. The Morgan fingerprint density at radius 3 is 2.75 bits per heavy atom. The normalized spacial score (nSPS) is 18.2. The van der Waals surface area contributed by atoms with E-state index in [-0.39, 0.29) is 18.1 Å². The Morgan fingerprint density at radius 2 is 2.25 bits per heavy atom. The first-order valence-electron chi connectivity index (χ1n) is 5.86. The van der Waals surface area contributed by atoms with E-state index < -0.39 is 0 Å². The monoisotopic (exact) mass is 229 g/mol. The number of amides is 1. The fraction of sp³-hybridized carbons (Fsp3) is 0.909. The van der Waals surface area contributed by atoms with Gasteiger partial charge in [0.15, 0.2) is 0 Å². The highest BCUT2D eigenvalue weighted by atomic mass is 16.5. The third kappa shape index (κ3) is 4.47. The highest BCUT2D eigenvalue weighted by Crippen LogP contribution is 2.14. The van der Waals surface area contributed by atoms with Crippen LogP contribution in [-0.2, 0) is 9.53 Å². The molecule has 1 rings (SSSR count). The van der Waals surface area contributed by atoms with Gasteiger partial charge >= 0.3 is 0 Å². The van der Waals surface area contributed by atoms with Crippen molar-refractivity contribution in [1.29, 1.82) is 0 Å². The van der Waals surface area contributed by atoms with Crippen molar-refractivity contribution in [3.8, 4) is 0 Å². The van der Waals surface area contributed by atoms with Gasteiger partial charge < -0.3 is 20.3 Å². The lowest BCUT2D eigenvalue weighted by Gasteiger charge is -2.38. The molecule has 0 atom stereocenters. The van der Waals surface area contributed by atoms with Gasteiger partial charge in [-0.05, 0) is 20.5 Å². The van der Waals surface area contributed by atoms with Crippen molar-refractivity contribution in [2.75, 3.05) is 46.4 Å². The SMILES string of the molecule is CCN(C)CCNC(=O)COC1(C)CNC1. The fourth-order valence-corrected chi connectivity index (χ4v) is 1.41. The van der Waals surface area contributed by atoms with Gasteiger partial charge in [0.05, 0.1) is 5.60 Å². The smallest absolute Gasteiger partial charge is 0.246 e. The van der Waals surface area contributed by atoms with E-state index in [0.29, 0.717) is 6.54 Å². The number of carbonyl (C=O) groups is 1. The summed E-state index contributed by atoms with van der Waals surface area (Å²) in [5.74, 6) is -0.0300. The molecular weight excluding hydrogens is 206 g/mol. The highest BCUT2D eigenvalue weighted by Gasteiger charge is 2.32. The van der Waals surface area contributed by atoms with Crippen LogP contribution in [0.25, 0.3) is 0 Å². The minimum absolute atomic E-state index is 0.0300. The first-order valence-corrected chi connectivity index (χ1v) is 5.86. The molecule has 0 aliphatic carbocycles. The molecule has 0 aromatic rings. The van der Waals surface area contributed by atoms with Crippen LogP contribution in [0.15, 0.2) is 0 Å². The summed E-state index contributed by atoms with van der Waals surface area (Å²) in [7, 11) is 2.03. The van der Waals surface area contributed by atoms with Gasteiger partial charge in [-0.15, -0.1) is 0 Å². The molecule has 1 saturated heterocycles. The standard InChI is InChI=1S/C11H23N3O2/c1-4-14(3)6-5-13-10(15)7-16-11(2)8-12-9-11/h12H,4-9H2,1-3H3,(H,13,15). The lowest BCUT2D eigenvalue weighted by atomic mass is 10.0. The predicted octanol–water partition coefficient (Wildman–Crippen LogP) is -0.567. The van der Waals surface area contributed by atoms with Gasteiger partial charge in [-0.3, -0.25) is 4.79 Å². The molecule has 0 bridgehead atoms. The maximum atomic E-state index is 11.4. The van der Waals surface area contributed by atoms with E-state index in [1.807, 2.05) is 14.0 Å². The molecule has 0 radical (unpaired) electrons. The molecule has 2 N–H and O–H groups in total. The van der Waals surface area contributed by atoms with Crippen LogP contribution in [-0.4, -0.2) is 62.8 Å². The van der Waals surface area contributed by atoms with Crippen molar-refractivity contribution < 1.29 is 9.53 Å². The zero-order chi connectivity index (χ0) is 12.0. The number of hydrogen-bond donors (Lipinski definition) is 2. The van der Waals surface area contributed by atoms with Crippen LogP contribution in [0.3, 0.4) is 0 Å². The van der Waals surface area contributed by atoms with Crippen molar-refractivity contribution in [1.82, 2.24) is 15.5 Å². The summed E-state index contributed by atoms with van der Waals surface area (Å²) in [6.45, 7) is 8.49. The molecule has 0 aromatic carbocycles. The Hall–Kier alpha value is -0.650. The molecule has 5 heteroatoms. The Morgan fingerprint density at radius 1 is 1.56 bits per heavy atom. The van der Waals surface area contributed by atoms with Crippen molar-refractivity contribution in [2.24, 2.45) is 0 Å². The molecule has 94 valence electrons. The summed E-state index contributed by atoms with van der Waals surface area (Å²) >= 11 is 0. The summed E-state index contributed by atoms with van der Waals surface area (Å²) < 4.78 is 5.52. The van der Waals surface area contributed by atoms with Crippen molar-refractivity contribution in [3.05, 3.63) is 0 Å². The van der Waals surface area contributed by atoms with Gasteiger partial charge in [0.1, 0.15) is 6.61 Å². The first kappa shape index (κ1) is 13.4. The predicted molar refractivity (Wildman–Crippen MR) is 63.4 cm³/mol. The van der Waals surface area contributed by atoms with Crippen LogP contribution in [0.5, 0.6) is 0 Å². The van der Waals surface area contributed by atoms with Crippen LogP contribution < -0.4 is 10.6 Å². The molecule has 1 aliphatic rings. The summed E-state index contributed by atoms with van der Waals surface area (Å²) in [5.41, 5.74) is -0.141. The van der Waals surface area contributed by atoms with Gasteiger partial charge in [-0.2, -0.15) is 0 Å². The van der Waals surface area contributed by atoms with E-state index in [1.165, 1.54) is 0 Å². The summed E-state index contributed by atoms with van der Waals surface area (Å²) in [6, 6.07) is 0. The first-order chi connectivity index (χ1) is 7.56. The fourth-order valence-electron chi connectivity index (χ4n) is 1.41. The molecule has 1 aliphatic heterocycles. The zero-order valence-corrected chi connectivity index (χ0v) is 10.5. The minimum Gasteiger partial charge on any atom is -0.363 e. The molecule has 1 heterocycles. The molecule has 16 heavy (non-hydrogen) atoms. The third-order valence-electron chi connectivity index (χ3n) is 2.91. The molecule has 0 spiro atoms. The lowest BCUT2D eigenvalue weighted by molar-refractivity contribution is -0.135. The maximum absolute atomic E-state index is 11.4. The van der Waals surface area contributed by atoms with E-state index in [1.54, 1.807) is 0 Å². The van der Waals surface area contributed by atoms with Gasteiger partial charge in [0.2, 0.25) is 5.91 Å². The second-order valence-corrected chi connectivity index (χ2v) is 4.59. The summed E-state index contributed by atoms with van der Waals surface area (Å²) in [5, 5.41) is 5.97. The van der Waals surface area contributed by atoms with Crippen LogP contribution in [0, 0.1) is 0 Å². The van der Waals surface area contributed by atoms with E-state index in [4.69, 9.17) is 4.74 Å². The topological polar surface area (TPSA) is 53.6 Å². The van der Waals surface area contributed by atoms with Crippen LogP contribution >= 0.6 is 0 Å². The maximum Gasteiger partial charge on any atom is 0.246 e. The second kappa shape index (κ2) is 6.18.